The summed E-state index contributed by atoms with van der Waals surface area (Å²) in [5.74, 6) is -0.375. The number of ether oxygens (including phenoxy) is 2. The van der Waals surface area contributed by atoms with Crippen LogP contribution in [0, 0.1) is 0 Å². The number of nitrogens with one attached hydrogen (secondary N) is 3. The van der Waals surface area contributed by atoms with E-state index in [1.165, 1.54) is 5.56 Å². The van der Waals surface area contributed by atoms with Gasteiger partial charge in [-0.25, -0.2) is 9.59 Å². The third-order valence-corrected chi connectivity index (χ3v) is 5.63. The molecule has 1 atom stereocenters. The smallest absolute Gasteiger partial charge is 0.408 e. The molecule has 3 amide bonds. The van der Waals surface area contributed by atoms with Crippen LogP contribution in [0.3, 0.4) is 0 Å². The van der Waals surface area contributed by atoms with Crippen molar-refractivity contribution in [3.63, 3.8) is 0 Å². The summed E-state index contributed by atoms with van der Waals surface area (Å²) in [7, 11) is 0. The van der Waals surface area contributed by atoms with E-state index in [0.29, 0.717) is 12.1 Å². The second-order valence-corrected chi connectivity index (χ2v) is 10.2. The second kappa shape index (κ2) is 14.6. The molecule has 0 unspecified atom stereocenters. The van der Waals surface area contributed by atoms with Gasteiger partial charge in [0.05, 0.1) is 0 Å². The molecule has 3 rings (SSSR count). The summed E-state index contributed by atoms with van der Waals surface area (Å²) in [5, 5.41) is 8.20. The normalized spacial score (nSPS) is 11.7. The maximum atomic E-state index is 13.1. The van der Waals surface area contributed by atoms with Crippen molar-refractivity contribution in [3.8, 4) is 0 Å². The van der Waals surface area contributed by atoms with E-state index in [2.05, 4.69) is 28.1 Å². The van der Waals surface area contributed by atoms with E-state index in [-0.39, 0.29) is 25.5 Å². The second-order valence-electron chi connectivity index (χ2n) is 10.2. The first kappa shape index (κ1) is 29.2. The van der Waals surface area contributed by atoms with Gasteiger partial charge >= 0.3 is 12.2 Å². The molecule has 0 aliphatic rings. The Labute approximate surface area is 230 Å². The average molecular weight is 532 g/mol. The van der Waals surface area contributed by atoms with Gasteiger partial charge in [0.1, 0.15) is 18.2 Å². The fourth-order valence-electron chi connectivity index (χ4n) is 3.75. The average Bonchev–Trinajstić information content (AvgIpc) is 2.90. The molecule has 39 heavy (non-hydrogen) atoms. The topological polar surface area (TPSA) is 106 Å². The lowest BCUT2D eigenvalue weighted by Gasteiger charge is -2.20. The molecule has 0 bridgehead atoms. The van der Waals surface area contributed by atoms with Crippen LogP contribution in [0.2, 0.25) is 0 Å². The Morgan fingerprint density at radius 3 is 1.97 bits per heavy atom. The number of amides is 3. The van der Waals surface area contributed by atoms with Crippen molar-refractivity contribution in [2.24, 2.45) is 0 Å². The Balaban J connectivity index is 1.56. The van der Waals surface area contributed by atoms with Crippen LogP contribution in [0.25, 0.3) is 0 Å². The molecule has 8 nitrogen and oxygen atoms in total. The van der Waals surface area contributed by atoms with Crippen molar-refractivity contribution in [1.82, 2.24) is 10.6 Å². The quantitative estimate of drug-likeness (QED) is 0.271. The van der Waals surface area contributed by atoms with Crippen molar-refractivity contribution < 1.29 is 23.9 Å². The molecule has 206 valence electrons. The number of carbonyl (C=O) groups excluding carboxylic acids is 3. The van der Waals surface area contributed by atoms with Crippen LogP contribution in [0.1, 0.15) is 50.3 Å². The van der Waals surface area contributed by atoms with Crippen LogP contribution < -0.4 is 16.0 Å². The minimum absolute atomic E-state index is 0.0874. The lowest BCUT2D eigenvalue weighted by molar-refractivity contribution is -0.118. The van der Waals surface area contributed by atoms with E-state index >= 15 is 0 Å². The van der Waals surface area contributed by atoms with Crippen LogP contribution in [0.15, 0.2) is 84.9 Å². The van der Waals surface area contributed by atoms with E-state index in [1.54, 1.807) is 20.8 Å². The highest BCUT2D eigenvalue weighted by Crippen LogP contribution is 2.15. The van der Waals surface area contributed by atoms with E-state index in [1.807, 2.05) is 72.8 Å². The zero-order valence-electron chi connectivity index (χ0n) is 22.7. The zero-order valence-corrected chi connectivity index (χ0v) is 22.7. The number of benzene rings is 3. The Kier molecular flexibility index (Phi) is 10.9. The fraction of sp³-hybridized carbons (Fsp3) is 0.323. The number of anilines is 1. The van der Waals surface area contributed by atoms with Crippen LogP contribution in [0.5, 0.6) is 0 Å². The summed E-state index contributed by atoms with van der Waals surface area (Å²) in [6.45, 7) is 5.72. The maximum absolute atomic E-state index is 13.1. The van der Waals surface area contributed by atoms with Crippen molar-refractivity contribution in [2.45, 2.75) is 58.3 Å². The Hall–Kier alpha value is -4.33. The van der Waals surface area contributed by atoms with Gasteiger partial charge in [-0.3, -0.25) is 4.79 Å². The molecule has 0 saturated carbocycles. The van der Waals surface area contributed by atoms with Gasteiger partial charge in [-0.1, -0.05) is 72.8 Å². The van der Waals surface area contributed by atoms with E-state index in [4.69, 9.17) is 9.47 Å². The Morgan fingerprint density at radius 2 is 1.36 bits per heavy atom. The molecule has 0 fully saturated rings. The monoisotopic (exact) mass is 531 g/mol. The van der Waals surface area contributed by atoms with Gasteiger partial charge in [-0.15, -0.1) is 0 Å². The molecule has 0 saturated heterocycles. The minimum atomic E-state index is -0.863. The number of alkyl carbamates (subject to hydrolysis) is 2. The molecule has 0 radical (unpaired) electrons. The van der Waals surface area contributed by atoms with Gasteiger partial charge in [0.15, 0.2) is 0 Å². The summed E-state index contributed by atoms with van der Waals surface area (Å²) in [5.41, 5.74) is 3.17. The van der Waals surface area contributed by atoms with Crippen LogP contribution in [-0.2, 0) is 27.3 Å². The zero-order chi connectivity index (χ0) is 28.1. The first-order valence-electron chi connectivity index (χ1n) is 13.1. The predicted molar refractivity (Wildman–Crippen MR) is 151 cm³/mol. The van der Waals surface area contributed by atoms with Gasteiger partial charge in [0.25, 0.3) is 0 Å². The first-order chi connectivity index (χ1) is 18.7. The first-order valence-corrected chi connectivity index (χ1v) is 13.1. The predicted octanol–water partition coefficient (Wildman–Crippen LogP) is 5.82. The number of hydrogen-bond acceptors (Lipinski definition) is 5. The van der Waals surface area contributed by atoms with Crippen molar-refractivity contribution >= 4 is 23.8 Å². The number of carbonyl (C=O) groups is 3. The highest BCUT2D eigenvalue weighted by atomic mass is 16.6. The Bertz CT molecular complexity index is 1190. The van der Waals surface area contributed by atoms with E-state index in [0.717, 1.165) is 17.5 Å². The fourth-order valence-corrected chi connectivity index (χ4v) is 3.75. The van der Waals surface area contributed by atoms with Gasteiger partial charge in [0, 0.05) is 12.2 Å². The van der Waals surface area contributed by atoms with E-state index in [9.17, 15) is 14.4 Å². The SMILES string of the molecule is CC(C)(C)OC(=O)NCCC[C@H](NC(=O)OCc1ccccc1)C(=O)Nc1ccc(Cc2ccccc2)cc1. The highest BCUT2D eigenvalue weighted by Gasteiger charge is 2.22. The summed E-state index contributed by atoms with van der Waals surface area (Å²) in [6, 6.07) is 26.2. The van der Waals surface area contributed by atoms with Crippen molar-refractivity contribution in [2.75, 3.05) is 11.9 Å². The summed E-state index contributed by atoms with van der Waals surface area (Å²) in [6.07, 6.45) is 0.282. The number of hydrogen-bond donors (Lipinski definition) is 3. The molecule has 3 N–H and O–H groups in total. The summed E-state index contributed by atoms with van der Waals surface area (Å²) >= 11 is 0. The van der Waals surface area contributed by atoms with Gasteiger partial charge in [0.2, 0.25) is 5.91 Å². The van der Waals surface area contributed by atoms with E-state index < -0.39 is 23.8 Å². The molecule has 3 aromatic carbocycles. The summed E-state index contributed by atoms with van der Waals surface area (Å²) in [4.78, 5) is 37.5. The van der Waals surface area contributed by atoms with Crippen molar-refractivity contribution in [3.05, 3.63) is 102 Å². The molecule has 0 spiro atoms. The van der Waals surface area contributed by atoms with Gasteiger partial charge < -0.3 is 25.4 Å². The summed E-state index contributed by atoms with van der Waals surface area (Å²) < 4.78 is 10.5. The van der Waals surface area contributed by atoms with Crippen LogP contribution in [0.4, 0.5) is 15.3 Å². The van der Waals surface area contributed by atoms with Crippen LogP contribution in [-0.4, -0.2) is 36.3 Å². The van der Waals surface area contributed by atoms with Crippen molar-refractivity contribution in [1.29, 1.82) is 0 Å². The molecule has 3 aromatic rings. The van der Waals surface area contributed by atoms with Gasteiger partial charge in [-0.2, -0.15) is 0 Å². The van der Waals surface area contributed by atoms with Gasteiger partial charge in [-0.05, 0) is 68.9 Å². The van der Waals surface area contributed by atoms with Crippen LogP contribution >= 0.6 is 0 Å². The lowest BCUT2D eigenvalue weighted by atomic mass is 10.0. The Morgan fingerprint density at radius 1 is 0.769 bits per heavy atom. The minimum Gasteiger partial charge on any atom is -0.445 e. The molecular weight excluding hydrogens is 494 g/mol. The number of rotatable bonds is 11. The molecule has 0 aliphatic heterocycles. The molecule has 0 aliphatic carbocycles. The lowest BCUT2D eigenvalue weighted by Crippen LogP contribution is -2.44. The molecule has 0 aromatic heterocycles. The third-order valence-electron chi connectivity index (χ3n) is 5.63. The standard InChI is InChI=1S/C31H37N3O5/c1-31(2,3)39-29(36)32-20-10-15-27(34-30(37)38-22-25-13-8-5-9-14-25)28(35)33-26-18-16-24(17-19-26)21-23-11-6-4-7-12-23/h4-9,11-14,16-19,27H,10,15,20-22H2,1-3H3,(H,32,36)(H,33,35)(H,34,37)/t27-/m0/s1. The molecule has 0 heterocycles. The third kappa shape index (κ3) is 11.3. The highest BCUT2D eigenvalue weighted by molar-refractivity contribution is 5.96. The maximum Gasteiger partial charge on any atom is 0.408 e. The molecule has 8 heteroatoms. The molecular formula is C31H37N3O5. The largest absolute Gasteiger partial charge is 0.445 e.